The van der Waals surface area contributed by atoms with E-state index in [1.165, 1.54) is 0 Å². The van der Waals surface area contributed by atoms with E-state index in [9.17, 15) is 14.7 Å². The number of hydrazone groups is 1. The molecular weight excluding hydrogens is 421 g/mol. The van der Waals surface area contributed by atoms with Gasteiger partial charge in [-0.3, -0.25) is 9.59 Å². The molecule has 9 heteroatoms. The zero-order valence-corrected chi connectivity index (χ0v) is 20.7. The van der Waals surface area contributed by atoms with Gasteiger partial charge in [0.15, 0.2) is 6.61 Å². The first-order valence-electron chi connectivity index (χ1n) is 9.91. The van der Waals surface area contributed by atoms with Crippen molar-refractivity contribution in [2.45, 2.75) is 27.2 Å². The van der Waals surface area contributed by atoms with Gasteiger partial charge in [-0.25, -0.2) is 0 Å². The van der Waals surface area contributed by atoms with Crippen molar-refractivity contribution >= 4 is 29.1 Å². The normalized spacial score (nSPS) is 14.1. The molecule has 0 bridgehead atoms. The summed E-state index contributed by atoms with van der Waals surface area (Å²) in [4.78, 5) is 24.6. The van der Waals surface area contributed by atoms with Crippen molar-refractivity contribution in [2.75, 3.05) is 23.5 Å². The molecule has 32 heavy (non-hydrogen) atoms. The number of rotatable bonds is 7. The second-order valence-corrected chi connectivity index (χ2v) is 7.05. The minimum Gasteiger partial charge on any atom is -0.877 e. The summed E-state index contributed by atoms with van der Waals surface area (Å²) in [5.74, 6) is -0.192. The van der Waals surface area contributed by atoms with Gasteiger partial charge in [0.05, 0.1) is 17.9 Å². The number of hydrogen-bond acceptors (Lipinski definition) is 6. The number of amides is 2. The standard InChI is InChI=1S/C23H25N3O5.Na/c1-4-11-30-22-19(13-27)23(29)26(25-22)18-8-6-17(7-9-18)24-21(28)14-31-20-10-5-15(2)12-16(20)3;/h5-10,12-13,27H,4,11,14H2,1-3H3,(H,24,28);/q;+1/p-1/b19-13-;. The number of hydrogen-bond donors (Lipinski definition) is 1. The van der Waals surface area contributed by atoms with E-state index in [-0.39, 0.29) is 53.5 Å². The van der Waals surface area contributed by atoms with Gasteiger partial charge in [0, 0.05) is 5.69 Å². The molecule has 0 aliphatic carbocycles. The molecule has 2 amide bonds. The van der Waals surface area contributed by atoms with Crippen molar-refractivity contribution < 1.29 is 53.7 Å². The number of benzene rings is 2. The van der Waals surface area contributed by atoms with Crippen molar-refractivity contribution in [3.05, 3.63) is 65.4 Å². The summed E-state index contributed by atoms with van der Waals surface area (Å²) >= 11 is 0. The van der Waals surface area contributed by atoms with Crippen LogP contribution in [0.15, 0.2) is 59.4 Å². The molecule has 162 valence electrons. The van der Waals surface area contributed by atoms with Crippen LogP contribution < -0.4 is 49.7 Å². The molecule has 2 aromatic carbocycles. The third-order valence-corrected chi connectivity index (χ3v) is 4.49. The quantitative estimate of drug-likeness (QED) is 0.357. The van der Waals surface area contributed by atoms with E-state index < -0.39 is 5.91 Å². The predicted octanol–water partition coefficient (Wildman–Crippen LogP) is -0.344. The minimum atomic E-state index is -0.556. The van der Waals surface area contributed by atoms with Gasteiger partial charge in [0.1, 0.15) is 5.75 Å². The van der Waals surface area contributed by atoms with E-state index in [0.29, 0.717) is 30.0 Å². The molecule has 8 nitrogen and oxygen atoms in total. The topological polar surface area (TPSA) is 103 Å². The van der Waals surface area contributed by atoms with Crippen LogP contribution in [0.2, 0.25) is 0 Å². The molecule has 2 aromatic rings. The summed E-state index contributed by atoms with van der Waals surface area (Å²) in [6, 6.07) is 12.3. The molecule has 1 N–H and O–H groups in total. The fourth-order valence-electron chi connectivity index (χ4n) is 2.96. The smallest absolute Gasteiger partial charge is 0.877 e. The van der Waals surface area contributed by atoms with Gasteiger partial charge >= 0.3 is 29.6 Å². The van der Waals surface area contributed by atoms with E-state index in [2.05, 4.69) is 10.4 Å². The number of anilines is 2. The van der Waals surface area contributed by atoms with Gasteiger partial charge < -0.3 is 19.9 Å². The van der Waals surface area contributed by atoms with Crippen LogP contribution in [0.1, 0.15) is 24.5 Å². The molecule has 1 aliphatic heterocycles. The van der Waals surface area contributed by atoms with Crippen molar-refractivity contribution in [1.29, 1.82) is 0 Å². The molecule has 0 atom stereocenters. The van der Waals surface area contributed by atoms with E-state index in [1.54, 1.807) is 24.3 Å². The Morgan fingerprint density at radius 1 is 1.16 bits per heavy atom. The maximum atomic E-state index is 12.4. The van der Waals surface area contributed by atoms with E-state index in [0.717, 1.165) is 22.6 Å². The molecule has 0 radical (unpaired) electrons. The van der Waals surface area contributed by atoms with Crippen LogP contribution in [-0.2, 0) is 14.3 Å². The first-order valence-corrected chi connectivity index (χ1v) is 9.91. The van der Waals surface area contributed by atoms with Gasteiger partial charge in [-0.15, -0.1) is 11.4 Å². The number of carbonyl (C=O) groups excluding carboxylic acids is 2. The van der Waals surface area contributed by atoms with E-state index in [4.69, 9.17) is 9.47 Å². The number of ether oxygens (including phenoxy) is 2. The first-order chi connectivity index (χ1) is 14.9. The Bertz CT molecular complexity index is 1030. The Hall–Kier alpha value is -2.81. The monoisotopic (exact) mass is 445 g/mol. The molecule has 3 rings (SSSR count). The van der Waals surface area contributed by atoms with Crippen LogP contribution >= 0.6 is 0 Å². The number of carbonyl (C=O) groups is 2. The van der Waals surface area contributed by atoms with Crippen LogP contribution in [0.4, 0.5) is 11.4 Å². The van der Waals surface area contributed by atoms with Gasteiger partial charge in [0.25, 0.3) is 11.8 Å². The zero-order valence-electron chi connectivity index (χ0n) is 18.7. The Labute approximate surface area is 209 Å². The molecule has 0 aromatic heterocycles. The largest absolute Gasteiger partial charge is 1.00 e. The molecule has 0 unspecified atom stereocenters. The SMILES string of the molecule is CCCOC1=NN(c2ccc(NC(=O)COc3ccc(C)cc3C)cc2)C(=O)/C1=C\[O-].[Na+]. The molecular formula is C23H24N3NaO5. The van der Waals surface area contributed by atoms with Crippen LogP contribution in [0.3, 0.4) is 0 Å². The Kier molecular flexibility index (Phi) is 9.31. The summed E-state index contributed by atoms with van der Waals surface area (Å²) in [6.07, 6.45) is 1.17. The summed E-state index contributed by atoms with van der Waals surface area (Å²) in [6.45, 7) is 6.05. The second kappa shape index (κ2) is 11.7. The molecule has 0 fully saturated rings. The third kappa shape index (κ3) is 6.12. The second-order valence-electron chi connectivity index (χ2n) is 7.05. The molecule has 1 aliphatic rings. The molecule has 0 saturated heterocycles. The summed E-state index contributed by atoms with van der Waals surface area (Å²) in [7, 11) is 0. The van der Waals surface area contributed by atoms with Crippen LogP contribution in [-0.4, -0.2) is 30.9 Å². The van der Waals surface area contributed by atoms with Gasteiger partial charge in [0.2, 0.25) is 5.90 Å². The molecule has 0 saturated carbocycles. The van der Waals surface area contributed by atoms with E-state index in [1.807, 2.05) is 39.0 Å². The molecule has 1 heterocycles. The number of nitrogens with zero attached hydrogens (tertiary/aromatic N) is 2. The summed E-state index contributed by atoms with van der Waals surface area (Å²) < 4.78 is 11.0. The van der Waals surface area contributed by atoms with Crippen LogP contribution in [0.25, 0.3) is 0 Å². The fourth-order valence-corrected chi connectivity index (χ4v) is 2.96. The van der Waals surface area contributed by atoms with E-state index >= 15 is 0 Å². The van der Waals surface area contributed by atoms with Crippen LogP contribution in [0.5, 0.6) is 5.75 Å². The average Bonchev–Trinajstić information content (AvgIpc) is 3.07. The predicted molar refractivity (Wildman–Crippen MR) is 116 cm³/mol. The zero-order chi connectivity index (χ0) is 22.4. The van der Waals surface area contributed by atoms with Crippen molar-refractivity contribution in [3.8, 4) is 5.75 Å². The Morgan fingerprint density at radius 2 is 1.88 bits per heavy atom. The Morgan fingerprint density at radius 3 is 2.50 bits per heavy atom. The molecule has 0 spiro atoms. The van der Waals surface area contributed by atoms with Crippen molar-refractivity contribution in [2.24, 2.45) is 5.10 Å². The van der Waals surface area contributed by atoms with Gasteiger partial charge in [-0.05, 0) is 56.2 Å². The average molecular weight is 445 g/mol. The van der Waals surface area contributed by atoms with Gasteiger partial charge in [-0.2, -0.15) is 5.01 Å². The van der Waals surface area contributed by atoms with Gasteiger partial charge in [-0.1, -0.05) is 24.6 Å². The fraction of sp³-hybridized carbons (Fsp3) is 0.261. The first kappa shape index (κ1) is 25.5. The number of nitrogens with one attached hydrogen (secondary N) is 1. The van der Waals surface area contributed by atoms with Crippen molar-refractivity contribution in [3.63, 3.8) is 0 Å². The maximum absolute atomic E-state index is 12.4. The van der Waals surface area contributed by atoms with Crippen molar-refractivity contribution in [1.82, 2.24) is 0 Å². The van der Waals surface area contributed by atoms with Crippen LogP contribution in [0, 0.1) is 13.8 Å². The minimum absolute atomic E-state index is 0. The summed E-state index contributed by atoms with van der Waals surface area (Å²) in [5.41, 5.74) is 2.95. The number of aryl methyl sites for hydroxylation is 2. The third-order valence-electron chi connectivity index (χ3n) is 4.49. The Balaban J connectivity index is 0.00000363. The maximum Gasteiger partial charge on any atom is 1.00 e. The summed E-state index contributed by atoms with van der Waals surface area (Å²) in [5, 5.41) is 19.2.